The van der Waals surface area contributed by atoms with Gasteiger partial charge in [-0.3, -0.25) is 0 Å². The van der Waals surface area contributed by atoms with Crippen molar-refractivity contribution in [3.63, 3.8) is 0 Å². The zero-order chi connectivity index (χ0) is 13.1. The van der Waals surface area contributed by atoms with Crippen molar-refractivity contribution in [1.29, 1.82) is 0 Å². The second-order valence-electron chi connectivity index (χ2n) is 3.78. The fraction of sp³-hybridized carbons (Fsp3) is 0.455. The number of hydrogen-bond donors (Lipinski definition) is 1. The lowest BCUT2D eigenvalue weighted by atomic mass is 10.2. The van der Waals surface area contributed by atoms with Crippen LogP contribution in [0, 0.1) is 5.82 Å². The molecule has 2 N–H and O–H groups in total. The van der Waals surface area contributed by atoms with Gasteiger partial charge in [0.05, 0.1) is 4.90 Å². The Morgan fingerprint density at radius 2 is 2.06 bits per heavy atom. The fourth-order valence-corrected chi connectivity index (χ4v) is 2.80. The van der Waals surface area contributed by atoms with Crippen LogP contribution in [0.3, 0.4) is 0 Å². The average molecular weight is 260 g/mol. The molecule has 0 aliphatic heterocycles. The maximum Gasteiger partial charge on any atom is 0.242 e. The Morgan fingerprint density at radius 1 is 1.41 bits per heavy atom. The summed E-state index contributed by atoms with van der Waals surface area (Å²) in [5, 5.41) is 0. The zero-order valence-electron chi connectivity index (χ0n) is 9.98. The molecule has 1 aromatic carbocycles. The van der Waals surface area contributed by atoms with E-state index in [1.807, 2.05) is 6.92 Å². The third-order valence-corrected chi connectivity index (χ3v) is 4.34. The van der Waals surface area contributed by atoms with Crippen molar-refractivity contribution in [1.82, 2.24) is 4.31 Å². The molecule has 96 valence electrons. The molecule has 0 spiro atoms. The van der Waals surface area contributed by atoms with Crippen LogP contribution in [0.25, 0.3) is 0 Å². The third-order valence-electron chi connectivity index (χ3n) is 2.48. The van der Waals surface area contributed by atoms with Crippen molar-refractivity contribution in [3.05, 3.63) is 29.6 Å². The van der Waals surface area contributed by atoms with Crippen molar-refractivity contribution >= 4 is 10.0 Å². The molecular weight excluding hydrogens is 243 g/mol. The zero-order valence-corrected chi connectivity index (χ0v) is 10.8. The summed E-state index contributed by atoms with van der Waals surface area (Å²) in [4.78, 5) is 0.0790. The summed E-state index contributed by atoms with van der Waals surface area (Å²) in [6.07, 6.45) is 0.723. The van der Waals surface area contributed by atoms with Crippen molar-refractivity contribution in [3.8, 4) is 0 Å². The van der Waals surface area contributed by atoms with Crippen molar-refractivity contribution < 1.29 is 12.8 Å². The minimum atomic E-state index is -3.54. The maximum absolute atomic E-state index is 13.2. The standard InChI is InChI=1S/C11H17FN2O2S/c1-3-6-14(2)17(15,16)10-4-5-11(12)9(7-10)8-13/h4-5,7H,3,6,8,13H2,1-2H3. The third kappa shape index (κ3) is 3.02. The molecule has 6 heteroatoms. The number of sulfonamides is 1. The molecule has 0 aliphatic carbocycles. The number of nitrogens with two attached hydrogens (primary N) is 1. The predicted molar refractivity (Wildman–Crippen MR) is 64.4 cm³/mol. The van der Waals surface area contributed by atoms with Crippen LogP contribution in [-0.4, -0.2) is 26.3 Å². The Kier molecular flexibility index (Phi) is 4.62. The van der Waals surface area contributed by atoms with Crippen LogP contribution >= 0.6 is 0 Å². The van der Waals surface area contributed by atoms with Crippen molar-refractivity contribution in [2.75, 3.05) is 13.6 Å². The molecule has 0 amide bonds. The Morgan fingerprint density at radius 3 is 2.59 bits per heavy atom. The molecule has 0 radical (unpaired) electrons. The van der Waals surface area contributed by atoms with Gasteiger partial charge in [-0.1, -0.05) is 6.92 Å². The van der Waals surface area contributed by atoms with Gasteiger partial charge in [0.25, 0.3) is 0 Å². The fourth-order valence-electron chi connectivity index (χ4n) is 1.48. The predicted octanol–water partition coefficient (Wildman–Crippen LogP) is 1.31. The summed E-state index contributed by atoms with van der Waals surface area (Å²) in [5.41, 5.74) is 5.55. The molecule has 0 fully saturated rings. The second-order valence-corrected chi connectivity index (χ2v) is 5.83. The number of rotatable bonds is 5. The van der Waals surface area contributed by atoms with E-state index in [1.54, 1.807) is 0 Å². The van der Waals surface area contributed by atoms with Crippen LogP contribution < -0.4 is 5.73 Å². The Labute approximate surface area is 101 Å². The van der Waals surface area contributed by atoms with Gasteiger partial charge < -0.3 is 5.73 Å². The quantitative estimate of drug-likeness (QED) is 0.868. The lowest BCUT2D eigenvalue weighted by Gasteiger charge is -2.16. The summed E-state index contributed by atoms with van der Waals surface area (Å²) >= 11 is 0. The highest BCUT2D eigenvalue weighted by Crippen LogP contribution is 2.18. The highest BCUT2D eigenvalue weighted by molar-refractivity contribution is 7.89. The first kappa shape index (κ1) is 14.1. The molecule has 0 heterocycles. The molecule has 1 aromatic rings. The van der Waals surface area contributed by atoms with Gasteiger partial charge in [-0.15, -0.1) is 0 Å². The van der Waals surface area contributed by atoms with Crippen LogP contribution in [-0.2, 0) is 16.6 Å². The number of halogens is 1. The van der Waals surface area contributed by atoms with E-state index in [2.05, 4.69) is 0 Å². The molecule has 1 rings (SSSR count). The van der Waals surface area contributed by atoms with Gasteiger partial charge in [0.15, 0.2) is 0 Å². The topological polar surface area (TPSA) is 63.4 Å². The molecule has 17 heavy (non-hydrogen) atoms. The molecule has 0 aromatic heterocycles. The van der Waals surface area contributed by atoms with Gasteiger partial charge in [-0.05, 0) is 24.6 Å². The van der Waals surface area contributed by atoms with Gasteiger partial charge in [0.2, 0.25) is 10.0 Å². The minimum Gasteiger partial charge on any atom is -0.326 e. The highest BCUT2D eigenvalue weighted by atomic mass is 32.2. The van der Waals surface area contributed by atoms with E-state index >= 15 is 0 Å². The molecule has 0 bridgehead atoms. The molecular formula is C11H17FN2O2S. The van der Waals surface area contributed by atoms with Crippen LogP contribution in [0.4, 0.5) is 4.39 Å². The first-order valence-corrected chi connectivity index (χ1v) is 6.82. The molecule has 4 nitrogen and oxygen atoms in total. The largest absolute Gasteiger partial charge is 0.326 e. The van der Waals surface area contributed by atoms with Crippen LogP contribution in [0.2, 0.25) is 0 Å². The molecule has 0 saturated heterocycles. The second kappa shape index (κ2) is 5.57. The van der Waals surface area contributed by atoms with E-state index in [-0.39, 0.29) is 17.0 Å². The summed E-state index contributed by atoms with van der Waals surface area (Å²) in [5.74, 6) is -0.482. The van der Waals surface area contributed by atoms with E-state index in [4.69, 9.17) is 5.73 Å². The van der Waals surface area contributed by atoms with Gasteiger partial charge >= 0.3 is 0 Å². The van der Waals surface area contributed by atoms with E-state index in [0.717, 1.165) is 12.5 Å². The SMILES string of the molecule is CCCN(C)S(=O)(=O)c1ccc(F)c(CN)c1. The lowest BCUT2D eigenvalue weighted by Crippen LogP contribution is -2.27. The number of benzene rings is 1. The summed E-state index contributed by atoms with van der Waals surface area (Å²) in [6.45, 7) is 2.30. The van der Waals surface area contributed by atoms with E-state index < -0.39 is 15.8 Å². The van der Waals surface area contributed by atoms with E-state index in [9.17, 15) is 12.8 Å². The van der Waals surface area contributed by atoms with Crippen LogP contribution in [0.15, 0.2) is 23.1 Å². The van der Waals surface area contributed by atoms with Crippen molar-refractivity contribution in [2.45, 2.75) is 24.8 Å². The minimum absolute atomic E-state index is 0.0211. The summed E-state index contributed by atoms with van der Waals surface area (Å²) in [7, 11) is -2.04. The average Bonchev–Trinajstić information content (AvgIpc) is 2.29. The van der Waals surface area contributed by atoms with Crippen LogP contribution in [0.5, 0.6) is 0 Å². The van der Waals surface area contributed by atoms with Gasteiger partial charge in [-0.2, -0.15) is 0 Å². The smallest absolute Gasteiger partial charge is 0.242 e. The van der Waals surface area contributed by atoms with Gasteiger partial charge in [0.1, 0.15) is 5.82 Å². The molecule has 0 aliphatic rings. The first-order valence-electron chi connectivity index (χ1n) is 5.38. The molecule has 0 saturated carbocycles. The molecule has 0 unspecified atom stereocenters. The summed E-state index contributed by atoms with van der Waals surface area (Å²) < 4.78 is 38.6. The first-order chi connectivity index (χ1) is 7.93. The van der Waals surface area contributed by atoms with E-state index in [1.165, 1.54) is 23.5 Å². The van der Waals surface area contributed by atoms with Gasteiger partial charge in [0, 0.05) is 25.7 Å². The number of hydrogen-bond acceptors (Lipinski definition) is 3. The maximum atomic E-state index is 13.2. The molecule has 0 atom stereocenters. The Hall–Kier alpha value is -0.980. The van der Waals surface area contributed by atoms with Gasteiger partial charge in [-0.25, -0.2) is 17.1 Å². The Bertz CT molecular complexity index is 488. The van der Waals surface area contributed by atoms with Crippen LogP contribution in [0.1, 0.15) is 18.9 Å². The summed E-state index contributed by atoms with van der Waals surface area (Å²) in [6, 6.07) is 3.68. The Balaban J connectivity index is 3.15. The monoisotopic (exact) mass is 260 g/mol. The van der Waals surface area contributed by atoms with E-state index in [0.29, 0.717) is 6.54 Å². The highest BCUT2D eigenvalue weighted by Gasteiger charge is 2.20. The number of nitrogens with zero attached hydrogens (tertiary/aromatic N) is 1. The lowest BCUT2D eigenvalue weighted by molar-refractivity contribution is 0.468. The normalized spacial score (nSPS) is 12.1. The van der Waals surface area contributed by atoms with Crippen molar-refractivity contribution in [2.24, 2.45) is 5.73 Å².